The van der Waals surface area contributed by atoms with Crippen LogP contribution in [-0.2, 0) is 4.79 Å². The van der Waals surface area contributed by atoms with Gasteiger partial charge in [0.1, 0.15) is 5.82 Å². The number of carbonyl (C=O) groups is 1. The van der Waals surface area contributed by atoms with Gasteiger partial charge in [0.25, 0.3) is 0 Å². The van der Waals surface area contributed by atoms with Gasteiger partial charge in [-0.1, -0.05) is 18.2 Å². The number of amides is 1. The van der Waals surface area contributed by atoms with E-state index in [4.69, 9.17) is 10.8 Å². The Morgan fingerprint density at radius 2 is 1.95 bits per heavy atom. The van der Waals surface area contributed by atoms with Gasteiger partial charge in [-0.15, -0.1) is 0 Å². The normalized spacial score (nSPS) is 22.0. The molecule has 2 aliphatic rings. The molecule has 1 aromatic heterocycles. The van der Waals surface area contributed by atoms with Crippen molar-refractivity contribution >= 4 is 11.7 Å². The molecule has 1 unspecified atom stereocenters. The maximum atomic E-state index is 12.2. The lowest BCUT2D eigenvalue weighted by atomic mass is 10.3. The van der Waals surface area contributed by atoms with Gasteiger partial charge in [0.15, 0.2) is 0 Å². The highest BCUT2D eigenvalue weighted by Crippen LogP contribution is 2.41. The van der Waals surface area contributed by atoms with Crippen LogP contribution in [0.15, 0.2) is 36.4 Å². The van der Waals surface area contributed by atoms with Crippen molar-refractivity contribution in [3.05, 3.63) is 42.1 Å². The van der Waals surface area contributed by atoms with Gasteiger partial charge in [-0.2, -0.15) is 5.10 Å². The van der Waals surface area contributed by atoms with Crippen LogP contribution in [0.5, 0.6) is 0 Å². The molecule has 2 heterocycles. The van der Waals surface area contributed by atoms with E-state index in [9.17, 15) is 4.79 Å². The first-order valence-electron chi connectivity index (χ1n) is 7.43. The number of benzene rings is 1. The monoisotopic (exact) mass is 282 g/mol. The number of nitrogens with two attached hydrogens (primary N) is 1. The fourth-order valence-electron chi connectivity index (χ4n) is 2.88. The van der Waals surface area contributed by atoms with E-state index in [0.717, 1.165) is 17.2 Å². The van der Waals surface area contributed by atoms with Crippen LogP contribution >= 0.6 is 0 Å². The topological polar surface area (TPSA) is 64.2 Å². The fraction of sp³-hybridized carbons (Fsp3) is 0.375. The quantitative estimate of drug-likeness (QED) is 0.934. The van der Waals surface area contributed by atoms with Crippen molar-refractivity contribution in [2.75, 3.05) is 11.4 Å². The van der Waals surface area contributed by atoms with E-state index in [1.54, 1.807) is 4.90 Å². The van der Waals surface area contributed by atoms with E-state index >= 15 is 0 Å². The third-order valence-corrected chi connectivity index (χ3v) is 4.14. The zero-order valence-electron chi connectivity index (χ0n) is 11.8. The summed E-state index contributed by atoms with van der Waals surface area (Å²) in [4.78, 5) is 13.9. The van der Waals surface area contributed by atoms with E-state index < -0.39 is 0 Å². The summed E-state index contributed by atoms with van der Waals surface area (Å²) < 4.78 is 1.88. The predicted molar refractivity (Wildman–Crippen MR) is 80.5 cm³/mol. The highest BCUT2D eigenvalue weighted by Gasteiger charge is 2.33. The number of para-hydroxylation sites is 1. The molecule has 2 fully saturated rings. The Bertz CT molecular complexity index is 675. The Balaban J connectivity index is 1.79. The summed E-state index contributed by atoms with van der Waals surface area (Å²) in [6.07, 6.45) is 2.80. The largest absolute Gasteiger partial charge is 0.326 e. The number of anilines is 1. The standard InChI is InChI=1S/C16H18N4O/c17-12-8-16(21)19(10-12)15-9-14(11-6-7-11)18-20(15)13-4-2-1-3-5-13/h1-5,9,11-12H,6-8,10,17H2. The molecular formula is C16H18N4O. The van der Waals surface area contributed by atoms with E-state index in [0.29, 0.717) is 18.9 Å². The predicted octanol–water partition coefficient (Wildman–Crippen LogP) is 1.81. The lowest BCUT2D eigenvalue weighted by molar-refractivity contribution is -0.117. The summed E-state index contributed by atoms with van der Waals surface area (Å²) >= 11 is 0. The summed E-state index contributed by atoms with van der Waals surface area (Å²) in [6, 6.07) is 11.9. The van der Waals surface area contributed by atoms with Crippen molar-refractivity contribution < 1.29 is 4.79 Å². The van der Waals surface area contributed by atoms with Gasteiger partial charge in [0.2, 0.25) is 5.91 Å². The summed E-state index contributed by atoms with van der Waals surface area (Å²) in [5.74, 6) is 1.49. The average Bonchev–Trinajstić information content (AvgIpc) is 3.16. The van der Waals surface area contributed by atoms with Gasteiger partial charge < -0.3 is 5.73 Å². The van der Waals surface area contributed by atoms with Crippen LogP contribution < -0.4 is 10.6 Å². The van der Waals surface area contributed by atoms with Gasteiger partial charge in [-0.05, 0) is 25.0 Å². The third kappa shape index (κ3) is 2.23. The van der Waals surface area contributed by atoms with E-state index in [1.165, 1.54) is 12.8 Å². The smallest absolute Gasteiger partial charge is 0.229 e. The molecule has 1 aliphatic carbocycles. The molecule has 5 heteroatoms. The Hall–Kier alpha value is -2.14. The molecule has 1 aliphatic heterocycles. The minimum atomic E-state index is -0.0824. The second-order valence-corrected chi connectivity index (χ2v) is 5.92. The van der Waals surface area contributed by atoms with Crippen molar-refractivity contribution in [3.8, 4) is 5.69 Å². The lowest BCUT2D eigenvalue weighted by Gasteiger charge is -2.17. The molecule has 5 nitrogen and oxygen atoms in total. The number of hydrogen-bond donors (Lipinski definition) is 1. The van der Waals surface area contributed by atoms with E-state index in [1.807, 2.05) is 35.0 Å². The van der Waals surface area contributed by atoms with Crippen LogP contribution in [0.2, 0.25) is 0 Å². The van der Waals surface area contributed by atoms with Crippen molar-refractivity contribution in [1.29, 1.82) is 0 Å². The molecule has 1 saturated carbocycles. The van der Waals surface area contributed by atoms with Crippen LogP contribution in [0, 0.1) is 0 Å². The minimum Gasteiger partial charge on any atom is -0.326 e. The second kappa shape index (κ2) is 4.70. The molecular weight excluding hydrogens is 264 g/mol. The average molecular weight is 282 g/mol. The second-order valence-electron chi connectivity index (χ2n) is 5.92. The number of rotatable bonds is 3. The zero-order chi connectivity index (χ0) is 14.4. The molecule has 2 aromatic rings. The molecule has 0 radical (unpaired) electrons. The lowest BCUT2D eigenvalue weighted by Crippen LogP contribution is -2.29. The van der Waals surface area contributed by atoms with Gasteiger partial charge in [-0.3, -0.25) is 9.69 Å². The summed E-state index contributed by atoms with van der Waals surface area (Å²) in [6.45, 7) is 0.571. The molecule has 1 amide bonds. The maximum Gasteiger partial charge on any atom is 0.229 e. The summed E-state index contributed by atoms with van der Waals surface area (Å²) in [7, 11) is 0. The molecule has 21 heavy (non-hydrogen) atoms. The van der Waals surface area contributed by atoms with Crippen LogP contribution in [0.1, 0.15) is 30.9 Å². The van der Waals surface area contributed by atoms with Crippen LogP contribution in [0.4, 0.5) is 5.82 Å². The molecule has 108 valence electrons. The Labute approximate surface area is 123 Å². The zero-order valence-corrected chi connectivity index (χ0v) is 11.8. The van der Waals surface area contributed by atoms with Crippen LogP contribution in [-0.4, -0.2) is 28.3 Å². The minimum absolute atomic E-state index is 0.0824. The number of carbonyl (C=O) groups excluding carboxylic acids is 1. The Morgan fingerprint density at radius 3 is 2.57 bits per heavy atom. The Morgan fingerprint density at radius 1 is 1.19 bits per heavy atom. The highest BCUT2D eigenvalue weighted by atomic mass is 16.2. The van der Waals surface area contributed by atoms with Crippen LogP contribution in [0.25, 0.3) is 5.69 Å². The number of hydrogen-bond acceptors (Lipinski definition) is 3. The maximum absolute atomic E-state index is 12.2. The number of nitrogens with zero attached hydrogens (tertiary/aromatic N) is 3. The van der Waals surface area contributed by atoms with Gasteiger partial charge >= 0.3 is 0 Å². The molecule has 1 aromatic carbocycles. The fourth-order valence-corrected chi connectivity index (χ4v) is 2.88. The molecule has 1 saturated heterocycles. The van der Waals surface area contributed by atoms with Gasteiger partial charge in [0, 0.05) is 31.0 Å². The van der Waals surface area contributed by atoms with E-state index in [2.05, 4.69) is 6.07 Å². The first kappa shape index (κ1) is 12.6. The summed E-state index contributed by atoms with van der Waals surface area (Å²) in [5.41, 5.74) is 7.99. The number of aromatic nitrogens is 2. The van der Waals surface area contributed by atoms with Crippen LogP contribution in [0.3, 0.4) is 0 Å². The van der Waals surface area contributed by atoms with E-state index in [-0.39, 0.29) is 11.9 Å². The van der Waals surface area contributed by atoms with Gasteiger partial charge in [-0.25, -0.2) is 4.68 Å². The molecule has 1 atom stereocenters. The molecule has 0 spiro atoms. The van der Waals surface area contributed by atoms with Crippen molar-refractivity contribution in [3.63, 3.8) is 0 Å². The van der Waals surface area contributed by atoms with Crippen molar-refractivity contribution in [2.24, 2.45) is 5.73 Å². The summed E-state index contributed by atoms with van der Waals surface area (Å²) in [5, 5.41) is 4.73. The van der Waals surface area contributed by atoms with Crippen molar-refractivity contribution in [1.82, 2.24) is 9.78 Å². The van der Waals surface area contributed by atoms with Gasteiger partial charge in [0.05, 0.1) is 11.4 Å². The molecule has 2 N–H and O–H groups in total. The third-order valence-electron chi connectivity index (χ3n) is 4.14. The molecule has 4 rings (SSSR count). The first-order chi connectivity index (χ1) is 10.2. The Kier molecular flexibility index (Phi) is 2.82. The van der Waals surface area contributed by atoms with Crippen molar-refractivity contribution in [2.45, 2.75) is 31.2 Å². The SMILES string of the molecule is NC1CC(=O)N(c2cc(C3CC3)nn2-c2ccccc2)C1. The molecule has 0 bridgehead atoms. The highest BCUT2D eigenvalue weighted by molar-refractivity contribution is 5.95. The first-order valence-corrected chi connectivity index (χ1v) is 7.43.